The van der Waals surface area contributed by atoms with E-state index in [4.69, 9.17) is 4.74 Å². The largest absolute Gasteiger partial charge is 0.389 e. The summed E-state index contributed by atoms with van der Waals surface area (Å²) in [4.78, 5) is 2.19. The molecule has 0 saturated heterocycles. The van der Waals surface area contributed by atoms with Crippen LogP contribution in [0.15, 0.2) is 42.5 Å². The number of aliphatic hydroxyl groups is 1. The van der Waals surface area contributed by atoms with Crippen LogP contribution in [0.3, 0.4) is 0 Å². The lowest BCUT2D eigenvalue weighted by molar-refractivity contribution is 0.00551. The van der Waals surface area contributed by atoms with Crippen molar-refractivity contribution in [1.29, 1.82) is 0 Å². The number of ether oxygens (including phenoxy) is 1. The summed E-state index contributed by atoms with van der Waals surface area (Å²) in [7, 11) is 0. The second-order valence-corrected chi connectivity index (χ2v) is 7.81. The number of halogens is 1. The van der Waals surface area contributed by atoms with E-state index in [-0.39, 0.29) is 5.82 Å². The summed E-state index contributed by atoms with van der Waals surface area (Å²) in [6, 6.07) is 13.0. The third kappa shape index (κ3) is 7.79. The van der Waals surface area contributed by atoms with Crippen molar-refractivity contribution in [3.05, 3.63) is 70.5 Å². The van der Waals surface area contributed by atoms with Gasteiger partial charge < -0.3 is 9.84 Å². The van der Waals surface area contributed by atoms with Crippen molar-refractivity contribution < 1.29 is 14.2 Å². The molecule has 0 heterocycles. The van der Waals surface area contributed by atoms with Gasteiger partial charge in [-0.25, -0.2) is 4.39 Å². The predicted octanol–water partition coefficient (Wildman–Crippen LogP) is 4.48. The Labute approximate surface area is 162 Å². The van der Waals surface area contributed by atoms with E-state index in [1.54, 1.807) is 12.1 Å². The van der Waals surface area contributed by atoms with Crippen molar-refractivity contribution in [3.63, 3.8) is 0 Å². The maximum atomic E-state index is 13.2. The highest BCUT2D eigenvalue weighted by Gasteiger charge is 2.15. The van der Waals surface area contributed by atoms with E-state index in [9.17, 15) is 9.50 Å². The second-order valence-electron chi connectivity index (χ2n) is 7.81. The highest BCUT2D eigenvalue weighted by atomic mass is 19.1. The molecule has 0 aliphatic rings. The summed E-state index contributed by atoms with van der Waals surface area (Å²) >= 11 is 0. The fourth-order valence-electron chi connectivity index (χ4n) is 3.04. The molecule has 148 valence electrons. The highest BCUT2D eigenvalue weighted by molar-refractivity contribution is 5.30. The molecule has 0 aromatic heterocycles. The van der Waals surface area contributed by atoms with Gasteiger partial charge in [0.1, 0.15) is 5.82 Å². The molecule has 0 radical (unpaired) electrons. The number of nitrogens with zero attached hydrogens (tertiary/aromatic N) is 1. The lowest BCUT2D eigenvalue weighted by atomic mass is 10.0. The minimum atomic E-state index is -0.561. The van der Waals surface area contributed by atoms with Crippen molar-refractivity contribution in [2.45, 2.75) is 46.9 Å². The molecule has 0 saturated carbocycles. The molecule has 0 aliphatic heterocycles. The molecule has 0 fully saturated rings. The van der Waals surface area contributed by atoms with Crippen molar-refractivity contribution in [3.8, 4) is 0 Å². The van der Waals surface area contributed by atoms with Crippen LogP contribution in [-0.2, 0) is 17.8 Å². The van der Waals surface area contributed by atoms with Crippen LogP contribution in [-0.4, -0.2) is 35.9 Å². The Hall–Kier alpha value is -1.75. The third-order valence-corrected chi connectivity index (χ3v) is 4.45. The van der Waals surface area contributed by atoms with Gasteiger partial charge in [0.2, 0.25) is 0 Å². The Morgan fingerprint density at radius 3 is 2.37 bits per heavy atom. The maximum absolute atomic E-state index is 13.2. The molecule has 0 bridgehead atoms. The van der Waals surface area contributed by atoms with Crippen molar-refractivity contribution >= 4 is 0 Å². The molecule has 2 aromatic carbocycles. The van der Waals surface area contributed by atoms with Gasteiger partial charge in [0, 0.05) is 26.2 Å². The number of benzene rings is 2. The Bertz CT molecular complexity index is 700. The van der Waals surface area contributed by atoms with Gasteiger partial charge in [0.05, 0.1) is 12.7 Å². The molecule has 1 unspecified atom stereocenters. The number of hydrogen-bond donors (Lipinski definition) is 1. The first-order valence-electron chi connectivity index (χ1n) is 9.62. The molecule has 0 spiro atoms. The fraction of sp³-hybridized carbons (Fsp3) is 0.478. The van der Waals surface area contributed by atoms with Crippen LogP contribution in [0.1, 0.15) is 36.1 Å². The van der Waals surface area contributed by atoms with E-state index >= 15 is 0 Å². The van der Waals surface area contributed by atoms with E-state index in [2.05, 4.69) is 50.8 Å². The van der Waals surface area contributed by atoms with E-state index in [0.29, 0.717) is 32.2 Å². The topological polar surface area (TPSA) is 32.7 Å². The summed E-state index contributed by atoms with van der Waals surface area (Å²) in [5, 5.41) is 10.4. The first-order chi connectivity index (χ1) is 12.8. The zero-order valence-corrected chi connectivity index (χ0v) is 16.9. The van der Waals surface area contributed by atoms with Crippen LogP contribution in [0, 0.1) is 25.6 Å². The average molecular weight is 374 g/mol. The van der Waals surface area contributed by atoms with Gasteiger partial charge in [-0.3, -0.25) is 4.90 Å². The van der Waals surface area contributed by atoms with Crippen molar-refractivity contribution in [1.82, 2.24) is 4.90 Å². The SMILES string of the molecule is Cc1ccc(C)c(CN(Cc2ccc(F)cc2)CC(O)COCC(C)C)c1. The Morgan fingerprint density at radius 2 is 1.70 bits per heavy atom. The van der Waals surface area contributed by atoms with Crippen LogP contribution in [0.2, 0.25) is 0 Å². The van der Waals surface area contributed by atoms with Crippen molar-refractivity contribution in [2.24, 2.45) is 5.92 Å². The monoisotopic (exact) mass is 373 g/mol. The van der Waals surface area contributed by atoms with Crippen LogP contribution >= 0.6 is 0 Å². The second kappa shape index (κ2) is 10.5. The lowest BCUT2D eigenvalue weighted by Crippen LogP contribution is -2.34. The molecule has 27 heavy (non-hydrogen) atoms. The van der Waals surface area contributed by atoms with Gasteiger partial charge in [-0.05, 0) is 48.6 Å². The molecule has 2 aromatic rings. The van der Waals surface area contributed by atoms with Gasteiger partial charge in [-0.2, -0.15) is 0 Å². The molecular formula is C23H32FNO2. The summed E-state index contributed by atoms with van der Waals surface area (Å²) in [5.41, 5.74) is 4.72. The van der Waals surface area contributed by atoms with Gasteiger partial charge >= 0.3 is 0 Å². The van der Waals surface area contributed by atoms with Gasteiger partial charge in [0.15, 0.2) is 0 Å². The average Bonchev–Trinajstić information content (AvgIpc) is 2.59. The van der Waals surface area contributed by atoms with E-state index < -0.39 is 6.10 Å². The Morgan fingerprint density at radius 1 is 1.00 bits per heavy atom. The molecule has 2 rings (SSSR count). The van der Waals surface area contributed by atoms with Crippen LogP contribution in [0.5, 0.6) is 0 Å². The summed E-state index contributed by atoms with van der Waals surface area (Å²) in [5.74, 6) is 0.212. The van der Waals surface area contributed by atoms with E-state index in [0.717, 1.165) is 12.1 Å². The first-order valence-corrected chi connectivity index (χ1v) is 9.62. The van der Waals surface area contributed by atoms with Crippen molar-refractivity contribution in [2.75, 3.05) is 19.8 Å². The van der Waals surface area contributed by atoms with E-state index in [1.165, 1.54) is 28.8 Å². The Kier molecular flexibility index (Phi) is 8.42. The van der Waals surface area contributed by atoms with Crippen LogP contribution < -0.4 is 0 Å². The fourth-order valence-corrected chi connectivity index (χ4v) is 3.04. The molecule has 0 amide bonds. The quantitative estimate of drug-likeness (QED) is 0.667. The van der Waals surface area contributed by atoms with E-state index in [1.807, 2.05) is 0 Å². The molecular weight excluding hydrogens is 341 g/mol. The number of aryl methyl sites for hydroxylation is 2. The normalized spacial score (nSPS) is 12.7. The molecule has 4 heteroatoms. The molecule has 1 N–H and O–H groups in total. The van der Waals surface area contributed by atoms with Gasteiger partial charge in [0.25, 0.3) is 0 Å². The predicted molar refractivity (Wildman–Crippen MR) is 108 cm³/mol. The molecule has 3 nitrogen and oxygen atoms in total. The summed E-state index contributed by atoms with van der Waals surface area (Å²) in [6.07, 6.45) is -0.561. The number of rotatable bonds is 10. The van der Waals surface area contributed by atoms with Gasteiger partial charge in [-0.1, -0.05) is 49.7 Å². The summed E-state index contributed by atoms with van der Waals surface area (Å²) < 4.78 is 18.8. The highest BCUT2D eigenvalue weighted by Crippen LogP contribution is 2.16. The van der Waals surface area contributed by atoms with Gasteiger partial charge in [-0.15, -0.1) is 0 Å². The van der Waals surface area contributed by atoms with Crippen LogP contribution in [0.4, 0.5) is 4.39 Å². The Balaban J connectivity index is 2.07. The third-order valence-electron chi connectivity index (χ3n) is 4.45. The smallest absolute Gasteiger partial charge is 0.123 e. The first kappa shape index (κ1) is 21.5. The standard InChI is InChI=1S/C23H32FNO2/c1-17(2)15-27-16-23(26)14-25(12-20-7-9-22(24)10-8-20)13-21-11-18(3)5-6-19(21)4/h5-11,17,23,26H,12-16H2,1-4H3. The zero-order chi connectivity index (χ0) is 19.8. The molecule has 1 atom stereocenters. The van der Waals surface area contributed by atoms with Crippen LogP contribution in [0.25, 0.3) is 0 Å². The zero-order valence-electron chi connectivity index (χ0n) is 16.9. The maximum Gasteiger partial charge on any atom is 0.123 e. The lowest BCUT2D eigenvalue weighted by Gasteiger charge is -2.26. The minimum Gasteiger partial charge on any atom is -0.389 e. The summed E-state index contributed by atoms with van der Waals surface area (Å²) in [6.45, 7) is 11.2. The minimum absolute atomic E-state index is 0.234. The molecule has 0 aliphatic carbocycles. The number of aliphatic hydroxyl groups excluding tert-OH is 1. The number of hydrogen-bond acceptors (Lipinski definition) is 3.